The van der Waals surface area contributed by atoms with Crippen molar-refractivity contribution in [3.05, 3.63) is 5.92 Å². The van der Waals surface area contributed by atoms with Crippen LogP contribution in [-0.4, -0.2) is 25.9 Å². The zero-order valence-corrected chi connectivity index (χ0v) is 7.22. The van der Waals surface area contributed by atoms with Crippen LogP contribution in [0.25, 0.3) is 0 Å². The third-order valence-corrected chi connectivity index (χ3v) is 2.76. The molecule has 11 heavy (non-hydrogen) atoms. The first-order valence-corrected chi connectivity index (χ1v) is 4.30. The molecule has 2 aliphatic heterocycles. The van der Waals surface area contributed by atoms with Gasteiger partial charge in [-0.3, -0.25) is 0 Å². The van der Waals surface area contributed by atoms with Gasteiger partial charge in [-0.15, -0.1) is 0 Å². The second-order valence-corrected chi connectivity index (χ2v) is 3.85. The van der Waals surface area contributed by atoms with Gasteiger partial charge >= 0.3 is 0 Å². The van der Waals surface area contributed by atoms with Crippen LogP contribution < -0.4 is 0 Å². The molecule has 2 rings (SSSR count). The van der Waals surface area contributed by atoms with Crippen LogP contribution in [0.5, 0.6) is 0 Å². The zero-order chi connectivity index (χ0) is 7.90. The highest BCUT2D eigenvalue weighted by molar-refractivity contribution is 5.13. The molecule has 0 amide bonds. The predicted molar refractivity (Wildman–Crippen MR) is 42.2 cm³/mol. The van der Waals surface area contributed by atoms with Crippen molar-refractivity contribution >= 4 is 0 Å². The largest absolute Gasteiger partial charge is 0.380 e. The van der Waals surface area contributed by atoms with Gasteiger partial charge in [-0.05, 0) is 6.42 Å². The summed E-state index contributed by atoms with van der Waals surface area (Å²) < 4.78 is 10.7. The molecule has 0 bridgehead atoms. The van der Waals surface area contributed by atoms with Crippen LogP contribution in [0.3, 0.4) is 0 Å². The molecule has 0 spiro atoms. The molecule has 2 nitrogen and oxygen atoms in total. The smallest absolute Gasteiger partial charge is 0.0758 e. The lowest BCUT2D eigenvalue weighted by Crippen LogP contribution is -2.58. The van der Waals surface area contributed by atoms with Crippen LogP contribution in [0.1, 0.15) is 20.3 Å². The molecule has 0 aromatic carbocycles. The Hall–Kier alpha value is -0.0800. The SMILES string of the molecule is CC[C]1COC1C1(C)COC1. The summed E-state index contributed by atoms with van der Waals surface area (Å²) in [6, 6.07) is 0. The summed E-state index contributed by atoms with van der Waals surface area (Å²) >= 11 is 0. The first-order chi connectivity index (χ1) is 5.26. The molecular weight excluding hydrogens is 140 g/mol. The quantitative estimate of drug-likeness (QED) is 0.600. The summed E-state index contributed by atoms with van der Waals surface area (Å²) in [5.74, 6) is 1.57. The van der Waals surface area contributed by atoms with Gasteiger partial charge in [0, 0.05) is 11.3 Å². The molecule has 1 atom stereocenters. The molecule has 0 aliphatic carbocycles. The fourth-order valence-corrected chi connectivity index (χ4v) is 1.84. The molecule has 2 saturated heterocycles. The maximum absolute atomic E-state index is 5.52. The molecule has 0 saturated carbocycles. The molecule has 0 N–H and O–H groups in total. The Morgan fingerprint density at radius 2 is 2.27 bits per heavy atom. The van der Waals surface area contributed by atoms with Crippen LogP contribution >= 0.6 is 0 Å². The first-order valence-electron chi connectivity index (χ1n) is 4.30. The number of hydrogen-bond acceptors (Lipinski definition) is 2. The second kappa shape index (κ2) is 2.46. The van der Waals surface area contributed by atoms with E-state index in [0.717, 1.165) is 19.8 Å². The van der Waals surface area contributed by atoms with Gasteiger partial charge in [-0.2, -0.15) is 0 Å². The van der Waals surface area contributed by atoms with Crippen molar-refractivity contribution in [2.24, 2.45) is 5.41 Å². The Morgan fingerprint density at radius 3 is 2.55 bits per heavy atom. The lowest BCUT2D eigenvalue weighted by Gasteiger charge is -2.51. The monoisotopic (exact) mass is 155 g/mol. The summed E-state index contributed by atoms with van der Waals surface area (Å²) in [4.78, 5) is 0. The highest BCUT2D eigenvalue weighted by Crippen LogP contribution is 2.43. The molecule has 0 aromatic rings. The molecule has 2 heteroatoms. The van der Waals surface area contributed by atoms with E-state index in [-0.39, 0.29) is 0 Å². The van der Waals surface area contributed by atoms with Crippen molar-refractivity contribution in [1.82, 2.24) is 0 Å². The average Bonchev–Trinajstić information content (AvgIpc) is 1.83. The standard InChI is InChI=1S/C9H15O2/c1-3-7-4-11-8(7)9(2)5-10-6-9/h8H,3-6H2,1-2H3. The molecule has 63 valence electrons. The van der Waals surface area contributed by atoms with E-state index in [1.165, 1.54) is 6.42 Å². The van der Waals surface area contributed by atoms with E-state index in [1.807, 2.05) is 0 Å². The van der Waals surface area contributed by atoms with Crippen molar-refractivity contribution in [3.63, 3.8) is 0 Å². The van der Waals surface area contributed by atoms with Crippen LogP contribution in [-0.2, 0) is 9.47 Å². The van der Waals surface area contributed by atoms with Crippen molar-refractivity contribution in [3.8, 4) is 0 Å². The minimum absolute atomic E-state index is 0.309. The Bertz CT molecular complexity index is 150. The van der Waals surface area contributed by atoms with Gasteiger partial charge in [0.15, 0.2) is 0 Å². The topological polar surface area (TPSA) is 18.5 Å². The van der Waals surface area contributed by atoms with Gasteiger partial charge in [0.1, 0.15) is 0 Å². The van der Waals surface area contributed by atoms with E-state index < -0.39 is 0 Å². The van der Waals surface area contributed by atoms with E-state index in [2.05, 4.69) is 13.8 Å². The Morgan fingerprint density at radius 1 is 1.55 bits per heavy atom. The Labute approximate surface area is 67.9 Å². The minimum Gasteiger partial charge on any atom is -0.380 e. The highest BCUT2D eigenvalue weighted by atomic mass is 16.5. The molecule has 2 fully saturated rings. The normalized spacial score (nSPS) is 36.0. The fraction of sp³-hybridized carbons (Fsp3) is 0.889. The molecule has 1 radical (unpaired) electrons. The predicted octanol–water partition coefficient (Wildman–Crippen LogP) is 1.41. The lowest BCUT2D eigenvalue weighted by molar-refractivity contribution is -0.205. The molecular formula is C9H15O2. The van der Waals surface area contributed by atoms with E-state index in [1.54, 1.807) is 5.92 Å². The van der Waals surface area contributed by atoms with Crippen LogP contribution in [0.15, 0.2) is 0 Å². The van der Waals surface area contributed by atoms with Gasteiger partial charge < -0.3 is 9.47 Å². The number of rotatable bonds is 2. The first kappa shape index (κ1) is 7.56. The summed E-state index contributed by atoms with van der Waals surface area (Å²) in [5.41, 5.74) is 0.309. The van der Waals surface area contributed by atoms with Gasteiger partial charge in [0.05, 0.1) is 25.9 Å². The van der Waals surface area contributed by atoms with Crippen molar-refractivity contribution in [2.75, 3.05) is 19.8 Å². The van der Waals surface area contributed by atoms with Crippen LogP contribution in [0, 0.1) is 11.3 Å². The Balaban J connectivity index is 1.94. The second-order valence-electron chi connectivity index (χ2n) is 3.85. The van der Waals surface area contributed by atoms with Crippen molar-refractivity contribution in [2.45, 2.75) is 26.4 Å². The fourth-order valence-electron chi connectivity index (χ4n) is 1.84. The maximum Gasteiger partial charge on any atom is 0.0758 e. The number of ether oxygens (including phenoxy) is 2. The highest BCUT2D eigenvalue weighted by Gasteiger charge is 2.50. The third kappa shape index (κ3) is 1.00. The molecule has 0 aromatic heterocycles. The lowest BCUT2D eigenvalue weighted by atomic mass is 9.73. The number of hydrogen-bond donors (Lipinski definition) is 0. The summed E-state index contributed by atoms with van der Waals surface area (Å²) in [6.45, 7) is 7.09. The molecule has 2 heterocycles. The molecule has 1 unspecified atom stereocenters. The van der Waals surface area contributed by atoms with Gasteiger partial charge in [0.2, 0.25) is 0 Å². The van der Waals surface area contributed by atoms with Gasteiger partial charge in [0.25, 0.3) is 0 Å². The summed E-state index contributed by atoms with van der Waals surface area (Å²) in [6.07, 6.45) is 1.57. The zero-order valence-electron chi connectivity index (χ0n) is 7.22. The summed E-state index contributed by atoms with van der Waals surface area (Å²) in [7, 11) is 0. The van der Waals surface area contributed by atoms with Crippen LogP contribution in [0.2, 0.25) is 0 Å². The minimum atomic E-state index is 0.309. The van der Waals surface area contributed by atoms with E-state index >= 15 is 0 Å². The average molecular weight is 155 g/mol. The Kier molecular flexibility index (Phi) is 1.69. The van der Waals surface area contributed by atoms with E-state index in [4.69, 9.17) is 9.47 Å². The van der Waals surface area contributed by atoms with E-state index in [0.29, 0.717) is 11.5 Å². The molecule has 2 aliphatic rings. The van der Waals surface area contributed by atoms with E-state index in [9.17, 15) is 0 Å². The van der Waals surface area contributed by atoms with Crippen molar-refractivity contribution in [1.29, 1.82) is 0 Å². The van der Waals surface area contributed by atoms with Crippen LogP contribution in [0.4, 0.5) is 0 Å². The van der Waals surface area contributed by atoms with Crippen molar-refractivity contribution < 1.29 is 9.47 Å². The van der Waals surface area contributed by atoms with Gasteiger partial charge in [-0.25, -0.2) is 0 Å². The van der Waals surface area contributed by atoms with Gasteiger partial charge in [-0.1, -0.05) is 13.8 Å². The maximum atomic E-state index is 5.52. The third-order valence-electron chi connectivity index (χ3n) is 2.76. The summed E-state index contributed by atoms with van der Waals surface area (Å²) in [5, 5.41) is 0.